The first-order valence-electron chi connectivity index (χ1n) is 35.0. The molecule has 4 N–H and O–H groups in total. The molecular weight excluding hydrogens is 1580 g/mol. The number of hydrogen-bond donors (Lipinski definition) is 4. The molecule has 0 saturated carbocycles. The number of ether oxygens (including phenoxy) is 6. The van der Waals surface area contributed by atoms with Gasteiger partial charge in [-0.15, -0.1) is 0 Å². The SMILES string of the molecule is BrCCCCOC1CCCCO1.C.C.CC(CCCCF)(C(=O)O)C(=O)O.CCCCCC(C)(C(C)=O)C(=O)OCC.CCCCCC(C)(C(C)=O)C(=O)OCC.CCOC(=O)C(C)(CCCCF)C(C)=O.CCOC(=O)C(C)(CCCCO)C(C)=O.CS(=O)(=O)Cl.OCCCCBr.[2H]P.[3H][P+](P)=S. The van der Waals surface area contributed by atoms with Crippen molar-refractivity contribution in [3.8, 4) is 0 Å². The maximum absolute atomic E-state index is 11.9. The van der Waals surface area contributed by atoms with Gasteiger partial charge in [0.2, 0.25) is 9.05 Å². The summed E-state index contributed by atoms with van der Waals surface area (Å²) in [4.78, 5) is 113. The molecule has 0 spiro atoms. The molecule has 0 aromatic carbocycles. The number of alkyl halides is 4. The van der Waals surface area contributed by atoms with Crippen LogP contribution in [0.5, 0.6) is 0 Å². The molecular formula is C70H139Br2ClF2O22P3S2+. The topological polar surface area (TPSA) is 341 Å². The first-order chi connectivity index (χ1) is 47.5. The van der Waals surface area contributed by atoms with E-state index in [1.165, 1.54) is 47.0 Å². The van der Waals surface area contributed by atoms with Gasteiger partial charge in [-0.3, -0.25) is 56.7 Å². The van der Waals surface area contributed by atoms with Crippen LogP contribution in [0.25, 0.3) is 0 Å². The van der Waals surface area contributed by atoms with Gasteiger partial charge in [0.15, 0.2) is 30.5 Å². The normalized spacial score (nSPS) is 14.4. The van der Waals surface area contributed by atoms with Crippen LogP contribution in [0.15, 0.2) is 0 Å². The fourth-order valence-corrected chi connectivity index (χ4v) is 8.60. The lowest BCUT2D eigenvalue weighted by molar-refractivity contribution is -0.165. The van der Waals surface area contributed by atoms with Gasteiger partial charge >= 0.3 is 37.1 Å². The molecule has 0 bridgehead atoms. The Balaban J connectivity index is -0.000000106. The first-order valence-corrected chi connectivity index (χ1v) is 42.5. The van der Waals surface area contributed by atoms with Crippen molar-refractivity contribution in [2.75, 3.05) is 83.1 Å². The van der Waals surface area contributed by atoms with E-state index in [1.807, 2.05) is 0 Å². The van der Waals surface area contributed by atoms with Crippen molar-refractivity contribution in [3.63, 3.8) is 0 Å². The molecule has 22 nitrogen and oxygen atoms in total. The van der Waals surface area contributed by atoms with E-state index in [-0.39, 0.29) is 95.3 Å². The van der Waals surface area contributed by atoms with Crippen LogP contribution in [0.2, 0.25) is 0 Å². The number of esters is 4. The second-order valence-electron chi connectivity index (χ2n) is 23.7. The van der Waals surface area contributed by atoms with E-state index < -0.39 is 80.3 Å². The number of carboxylic acids is 2. The van der Waals surface area contributed by atoms with Crippen molar-refractivity contribution < 1.29 is 114 Å². The van der Waals surface area contributed by atoms with Gasteiger partial charge in [-0.1, -0.05) is 99.1 Å². The molecule has 1 aliphatic rings. The highest BCUT2D eigenvalue weighted by molar-refractivity contribution is 9.09. The number of carbonyl (C=O) groups excluding carboxylic acids is 8. The zero-order valence-electron chi connectivity index (χ0n) is 65.0. The average Bonchev–Trinajstić information content (AvgIpc) is 0.879. The van der Waals surface area contributed by atoms with Gasteiger partial charge in [-0.2, -0.15) is 9.84 Å². The van der Waals surface area contributed by atoms with Crippen molar-refractivity contribution in [2.45, 2.75) is 279 Å². The van der Waals surface area contributed by atoms with E-state index in [1.54, 1.807) is 65.2 Å². The summed E-state index contributed by atoms with van der Waals surface area (Å²) < 4.78 is 85.0. The summed E-state index contributed by atoms with van der Waals surface area (Å²) in [6, 6.07) is 0. The van der Waals surface area contributed by atoms with Crippen molar-refractivity contribution in [1.29, 1.82) is 2.56 Å². The number of aliphatic hydroxyl groups excluding tert-OH is 2. The van der Waals surface area contributed by atoms with Gasteiger partial charge < -0.3 is 48.8 Å². The van der Waals surface area contributed by atoms with E-state index in [0.29, 0.717) is 71.2 Å². The summed E-state index contributed by atoms with van der Waals surface area (Å²) in [7, 11) is 5.18. The third-order valence-electron chi connectivity index (χ3n) is 15.2. The van der Waals surface area contributed by atoms with Gasteiger partial charge in [-0.05, 0) is 206 Å². The summed E-state index contributed by atoms with van der Waals surface area (Å²) in [5.74, 6) is -5.08. The van der Waals surface area contributed by atoms with E-state index in [0.717, 1.165) is 101 Å². The first kappa shape index (κ1) is 118. The number of rotatable bonds is 42. The smallest absolute Gasteiger partial charge is 0.355 e. The predicted octanol–water partition coefficient (Wildman–Crippen LogP) is 16.6. The zero-order chi connectivity index (χ0) is 81.6. The molecule has 1 aliphatic heterocycles. The lowest BCUT2D eigenvalue weighted by atomic mass is 9.81. The van der Waals surface area contributed by atoms with E-state index in [4.69, 9.17) is 51.4 Å². The molecule has 0 aromatic rings. The molecule has 32 heteroatoms. The second-order valence-corrected chi connectivity index (χ2v) is 31.1. The lowest BCUT2D eigenvalue weighted by Gasteiger charge is -2.24. The molecule has 1 saturated heterocycles. The summed E-state index contributed by atoms with van der Waals surface area (Å²) in [6.07, 6.45) is 19.4. The lowest BCUT2D eigenvalue weighted by Crippen LogP contribution is -2.36. The van der Waals surface area contributed by atoms with Crippen LogP contribution in [-0.4, -0.2) is 180 Å². The Morgan fingerprint density at radius 3 is 1.02 bits per heavy atom. The monoisotopic (exact) mass is 1720 g/mol. The van der Waals surface area contributed by atoms with Crippen LogP contribution >= 0.6 is 68.3 Å². The quantitative estimate of drug-likeness (QED) is 0.00839. The Labute approximate surface area is 649 Å². The minimum absolute atomic E-state index is 0. The van der Waals surface area contributed by atoms with Gasteiger partial charge in [0.25, 0.3) is 0 Å². The Kier molecular flexibility index (Phi) is 90.8. The number of aliphatic carboxylic acids is 2. The van der Waals surface area contributed by atoms with Crippen molar-refractivity contribution in [1.82, 2.24) is 0 Å². The molecule has 1 heterocycles. The van der Waals surface area contributed by atoms with Crippen LogP contribution in [0.3, 0.4) is 0 Å². The predicted molar refractivity (Wildman–Crippen MR) is 427 cm³/mol. The Morgan fingerprint density at radius 2 is 0.814 bits per heavy atom. The fraction of sp³-hybridized carbons (Fsp3) is 0.857. The fourth-order valence-electron chi connectivity index (χ4n) is 7.81. The third-order valence-corrected chi connectivity index (χ3v) is 16.4. The van der Waals surface area contributed by atoms with Gasteiger partial charge in [0.1, 0.15) is 44.8 Å². The Morgan fingerprint density at radius 1 is 0.559 bits per heavy atom. The van der Waals surface area contributed by atoms with Gasteiger partial charge in [-0.25, -0.2) is 8.42 Å². The number of hydrogen-bond acceptors (Lipinski definition) is 21. The number of Topliss-reactive ketones (excluding diaryl/α,β-unsaturated/α-hetero) is 4. The van der Waals surface area contributed by atoms with Crippen LogP contribution < -0.4 is 0 Å². The molecule has 102 heavy (non-hydrogen) atoms. The van der Waals surface area contributed by atoms with Crippen LogP contribution in [0.1, 0.15) is 273 Å². The Bertz CT molecular complexity index is 2130. The van der Waals surface area contributed by atoms with Crippen molar-refractivity contribution >= 4 is 148 Å². The molecule has 1 fully saturated rings. The zero-order valence-corrected chi connectivity index (χ0v) is 71.7. The number of aliphatic hydroxyl groups is 2. The summed E-state index contributed by atoms with van der Waals surface area (Å²) in [5.41, 5.74) is -5.82. The standard InChI is InChI=1S/2C12H22O3.C11H19FO3.C11H20O4.C9H17BrO2.C8H13FO4.C4H9BrO.CH3ClO2S.2CH4.H2P2S.H3P/c2*1-5-7-8-9-12(4,10(3)13)11(14)15-6-2;2*1-4-15-10(14)11(3,9(2)13)7-5-6-8-12;10-6-2-4-8-12-9-5-1-3-7-11-9;1-8(6(10)11,7(12)13)4-2-3-5-9;5-3-1-2-4-6;1-5(2,3)4;;;1-2-3;/h2*5-9H2,1-4H3;4-8H2,1-3H3;12H,4-8H2,1-3H3;9H,1-8H2;2-5H2,1H3,(H,10,11)(H,12,13);6H,1-4H2;1H3;2*1H4;1H2;1H3/p+1/i;;;;;;;;;;;1D/hT. The van der Waals surface area contributed by atoms with Crippen molar-refractivity contribution in [3.05, 3.63) is 0 Å². The molecule has 8 unspecified atom stereocenters. The minimum atomic E-state index is -3.19. The maximum Gasteiger partial charge on any atom is 0.355 e. The molecule has 1 rings (SSSR count). The summed E-state index contributed by atoms with van der Waals surface area (Å²) in [5, 5.41) is 36.2. The maximum atomic E-state index is 11.9. The highest BCUT2D eigenvalue weighted by atomic mass is 79.9. The molecule has 0 amide bonds. The molecule has 0 aromatic heterocycles. The van der Waals surface area contributed by atoms with E-state index in [9.17, 15) is 65.1 Å². The largest absolute Gasteiger partial charge is 0.480 e. The summed E-state index contributed by atoms with van der Waals surface area (Å²) in [6.45, 7) is 25.9. The van der Waals surface area contributed by atoms with Crippen LogP contribution in [-0.2, 0) is 97.2 Å². The highest BCUT2D eigenvalue weighted by Crippen LogP contribution is 2.31. The number of carboxylic acid groups (broad SMARTS) is 2. The molecule has 612 valence electrons. The highest BCUT2D eigenvalue weighted by Gasteiger charge is 2.43. The van der Waals surface area contributed by atoms with Gasteiger partial charge in [0.05, 0.1) is 56.2 Å². The molecule has 0 radical (unpaired) electrons. The molecule has 8 atom stereocenters. The van der Waals surface area contributed by atoms with Crippen molar-refractivity contribution in [2.24, 2.45) is 27.1 Å². The van der Waals surface area contributed by atoms with Crippen LogP contribution in [0, 0.1) is 27.1 Å². The van der Waals surface area contributed by atoms with E-state index in [2.05, 4.69) is 77.1 Å². The number of halogens is 5. The van der Waals surface area contributed by atoms with Crippen LogP contribution in [0.4, 0.5) is 8.78 Å². The second kappa shape index (κ2) is 78.4. The molecule has 0 aliphatic carbocycles. The Hall–Kier alpha value is -2.22. The number of carbonyl (C=O) groups is 10. The van der Waals surface area contributed by atoms with Gasteiger partial charge in [0, 0.05) is 47.8 Å². The summed E-state index contributed by atoms with van der Waals surface area (Å²) >= 11 is 10.9. The number of ketones is 4. The van der Waals surface area contributed by atoms with E-state index >= 15 is 0 Å². The minimum Gasteiger partial charge on any atom is -0.480 e. The number of unbranched alkanes of at least 4 members (excludes halogenated alkanes) is 9. The third kappa shape index (κ3) is 67.2. The average molecular weight is 1730 g/mol.